The lowest BCUT2D eigenvalue weighted by Crippen LogP contribution is -2.32. The van der Waals surface area contributed by atoms with Crippen LogP contribution in [0.3, 0.4) is 0 Å². The quantitative estimate of drug-likeness (QED) is 0.629. The molecule has 5 nitrogen and oxygen atoms in total. The van der Waals surface area contributed by atoms with Crippen molar-refractivity contribution >= 4 is 61.1 Å². The summed E-state index contributed by atoms with van der Waals surface area (Å²) >= 11 is 8.56. The average molecular weight is 395 g/mol. The van der Waals surface area contributed by atoms with E-state index in [-0.39, 0.29) is 23.3 Å². The van der Waals surface area contributed by atoms with Gasteiger partial charge in [-0.1, -0.05) is 34.7 Å². The van der Waals surface area contributed by atoms with Crippen molar-refractivity contribution in [2.75, 3.05) is 10.7 Å². The summed E-state index contributed by atoms with van der Waals surface area (Å²) in [5.41, 5.74) is 1.66. The topological polar surface area (TPSA) is 63.4 Å². The Hall–Kier alpha value is -1.83. The fourth-order valence-corrected chi connectivity index (χ4v) is 3.94. The number of fused-ring (bicyclic) bond motifs is 1. The van der Waals surface area contributed by atoms with Gasteiger partial charge >= 0.3 is 0 Å². The summed E-state index contributed by atoms with van der Waals surface area (Å²) in [5, 5.41) is 1.10. The Balaban J connectivity index is 1.96. The maximum Gasteiger partial charge on any atom is 0.239 e. The van der Waals surface area contributed by atoms with Crippen molar-refractivity contribution in [2.24, 2.45) is 0 Å². The molecule has 0 saturated heterocycles. The second-order valence-electron chi connectivity index (χ2n) is 5.36. The summed E-state index contributed by atoms with van der Waals surface area (Å²) in [5.74, 6) is 0.515. The average Bonchev–Trinajstić information content (AvgIpc) is 3.23. The highest BCUT2D eigenvalue weighted by atomic mass is 35.5. The minimum atomic E-state index is -0.195. The van der Waals surface area contributed by atoms with Crippen LogP contribution in [0, 0.1) is 6.92 Å². The molecule has 0 aliphatic rings. The zero-order valence-electron chi connectivity index (χ0n) is 13.6. The van der Waals surface area contributed by atoms with Crippen molar-refractivity contribution < 1.29 is 14.0 Å². The van der Waals surface area contributed by atoms with Crippen molar-refractivity contribution in [3.8, 4) is 0 Å². The summed E-state index contributed by atoms with van der Waals surface area (Å²) in [6.07, 6.45) is 1.56. The Morgan fingerprint density at radius 2 is 2.16 bits per heavy atom. The third kappa shape index (κ3) is 4.05. The predicted molar refractivity (Wildman–Crippen MR) is 102 cm³/mol. The van der Waals surface area contributed by atoms with Crippen molar-refractivity contribution in [3.63, 3.8) is 0 Å². The molecule has 0 N–H and O–H groups in total. The van der Waals surface area contributed by atoms with E-state index < -0.39 is 0 Å². The zero-order chi connectivity index (χ0) is 18.0. The second-order valence-corrected chi connectivity index (χ2v) is 7.92. The van der Waals surface area contributed by atoms with Crippen LogP contribution in [0.4, 0.5) is 5.13 Å². The summed E-state index contributed by atoms with van der Waals surface area (Å²) in [4.78, 5) is 30.0. The molecule has 1 amide bonds. The molecule has 0 aliphatic heterocycles. The van der Waals surface area contributed by atoms with Crippen LogP contribution in [-0.2, 0) is 16.1 Å². The first kappa shape index (κ1) is 18.0. The lowest BCUT2D eigenvalue weighted by Gasteiger charge is -2.18. The lowest BCUT2D eigenvalue weighted by atomic mass is 10.2. The third-order valence-corrected chi connectivity index (χ3v) is 5.81. The van der Waals surface area contributed by atoms with Crippen LogP contribution < -0.4 is 4.90 Å². The molecule has 1 aromatic carbocycles. The molecule has 0 bridgehead atoms. The molecule has 2 heterocycles. The standard InChI is InChI=1S/C17H15ClN2O3S2/c1-10-13(18)5-6-14-16(10)19-17(25-14)20(8-12-4-3-7-23-12)15(22)9-24-11(2)21/h3-7H,8-9H2,1-2H3. The number of benzene rings is 1. The first-order valence-corrected chi connectivity index (χ1v) is 9.65. The number of hydrogen-bond acceptors (Lipinski definition) is 6. The molecule has 0 atom stereocenters. The minimum absolute atomic E-state index is 0.0612. The van der Waals surface area contributed by atoms with E-state index in [1.165, 1.54) is 18.3 Å². The maximum absolute atomic E-state index is 12.7. The van der Waals surface area contributed by atoms with Crippen molar-refractivity contribution in [2.45, 2.75) is 20.4 Å². The van der Waals surface area contributed by atoms with Gasteiger partial charge < -0.3 is 4.42 Å². The van der Waals surface area contributed by atoms with E-state index in [0.717, 1.165) is 27.5 Å². The Kier molecular flexibility index (Phi) is 5.46. The van der Waals surface area contributed by atoms with Crippen LogP contribution >= 0.6 is 34.7 Å². The number of amides is 1. The van der Waals surface area contributed by atoms with E-state index in [0.29, 0.717) is 15.9 Å². The van der Waals surface area contributed by atoms with E-state index in [9.17, 15) is 9.59 Å². The molecule has 0 aliphatic carbocycles. The highest BCUT2D eigenvalue weighted by molar-refractivity contribution is 8.14. The number of aryl methyl sites for hydroxylation is 1. The van der Waals surface area contributed by atoms with Gasteiger partial charge in [0.25, 0.3) is 0 Å². The van der Waals surface area contributed by atoms with Gasteiger partial charge in [0, 0.05) is 11.9 Å². The van der Waals surface area contributed by atoms with E-state index in [4.69, 9.17) is 16.0 Å². The summed E-state index contributed by atoms with van der Waals surface area (Å²) in [6, 6.07) is 7.29. The summed E-state index contributed by atoms with van der Waals surface area (Å²) in [6.45, 7) is 3.60. The van der Waals surface area contributed by atoms with Gasteiger partial charge in [-0.05, 0) is 36.8 Å². The van der Waals surface area contributed by atoms with Gasteiger partial charge in [0.15, 0.2) is 10.2 Å². The molecule has 0 saturated carbocycles. The molecule has 130 valence electrons. The molecule has 25 heavy (non-hydrogen) atoms. The van der Waals surface area contributed by atoms with E-state index >= 15 is 0 Å². The van der Waals surface area contributed by atoms with Crippen LogP contribution in [0.15, 0.2) is 34.9 Å². The van der Waals surface area contributed by atoms with E-state index in [1.807, 2.05) is 19.1 Å². The Morgan fingerprint density at radius 3 is 2.84 bits per heavy atom. The number of thiazole rings is 1. The number of carbonyl (C=O) groups is 2. The van der Waals surface area contributed by atoms with Gasteiger partial charge in [-0.15, -0.1) is 0 Å². The molecule has 3 rings (SSSR count). The Morgan fingerprint density at radius 1 is 1.36 bits per heavy atom. The molecule has 0 fully saturated rings. The van der Waals surface area contributed by atoms with Crippen molar-refractivity contribution in [1.82, 2.24) is 4.98 Å². The molecule has 2 aromatic heterocycles. The number of aromatic nitrogens is 1. The van der Waals surface area contributed by atoms with Gasteiger partial charge in [0.2, 0.25) is 5.91 Å². The van der Waals surface area contributed by atoms with Crippen LogP contribution in [0.1, 0.15) is 18.2 Å². The minimum Gasteiger partial charge on any atom is -0.467 e. The van der Waals surface area contributed by atoms with Gasteiger partial charge in [-0.3, -0.25) is 14.5 Å². The van der Waals surface area contributed by atoms with Crippen LogP contribution in [0.25, 0.3) is 10.2 Å². The number of halogens is 1. The SMILES string of the molecule is CC(=O)SCC(=O)N(Cc1ccco1)c1nc2c(C)c(Cl)ccc2s1. The fraction of sp³-hybridized carbons (Fsp3) is 0.235. The Bertz CT molecular complexity index is 922. The largest absolute Gasteiger partial charge is 0.467 e. The molecular weight excluding hydrogens is 380 g/mol. The molecule has 0 spiro atoms. The molecule has 3 aromatic rings. The van der Waals surface area contributed by atoms with Crippen LogP contribution in [0.2, 0.25) is 5.02 Å². The highest BCUT2D eigenvalue weighted by Crippen LogP contribution is 2.34. The second kappa shape index (κ2) is 7.59. The number of thioether (sulfide) groups is 1. The zero-order valence-corrected chi connectivity index (χ0v) is 16.0. The molecular formula is C17H15ClN2O3S2. The van der Waals surface area contributed by atoms with Gasteiger partial charge in [0.1, 0.15) is 5.76 Å². The summed E-state index contributed by atoms with van der Waals surface area (Å²) < 4.78 is 6.32. The van der Waals surface area contributed by atoms with E-state index in [2.05, 4.69) is 4.98 Å². The number of carbonyl (C=O) groups excluding carboxylic acids is 2. The van der Waals surface area contributed by atoms with Crippen molar-refractivity contribution in [3.05, 3.63) is 46.9 Å². The molecule has 8 heteroatoms. The fourth-order valence-electron chi connectivity index (χ4n) is 2.27. The van der Waals surface area contributed by atoms with Gasteiger partial charge in [-0.2, -0.15) is 0 Å². The number of furan rings is 1. The van der Waals surface area contributed by atoms with Crippen LogP contribution in [-0.4, -0.2) is 21.8 Å². The molecule has 0 radical (unpaired) electrons. The lowest BCUT2D eigenvalue weighted by molar-refractivity contribution is -0.116. The van der Waals surface area contributed by atoms with Gasteiger partial charge in [-0.25, -0.2) is 4.98 Å². The van der Waals surface area contributed by atoms with Crippen molar-refractivity contribution in [1.29, 1.82) is 0 Å². The first-order valence-electron chi connectivity index (χ1n) is 7.47. The summed E-state index contributed by atoms with van der Waals surface area (Å²) in [7, 11) is 0. The Labute approximate surface area is 158 Å². The van der Waals surface area contributed by atoms with E-state index in [1.54, 1.807) is 23.3 Å². The third-order valence-electron chi connectivity index (χ3n) is 3.56. The number of nitrogens with zero attached hydrogens (tertiary/aromatic N) is 2. The van der Waals surface area contributed by atoms with Gasteiger partial charge in [0.05, 0.1) is 28.8 Å². The van der Waals surface area contributed by atoms with Crippen LogP contribution in [0.5, 0.6) is 0 Å². The number of rotatable bonds is 5. The first-order chi connectivity index (χ1) is 12.0. The number of anilines is 1. The normalized spacial score (nSPS) is 11.0. The maximum atomic E-state index is 12.7. The monoisotopic (exact) mass is 394 g/mol. The smallest absolute Gasteiger partial charge is 0.239 e. The molecule has 0 unspecified atom stereocenters. The highest BCUT2D eigenvalue weighted by Gasteiger charge is 2.22. The number of hydrogen-bond donors (Lipinski definition) is 0. The predicted octanol–water partition coefficient (Wildman–Crippen LogP) is 4.66.